The van der Waals surface area contributed by atoms with Gasteiger partial charge in [0.2, 0.25) is 0 Å². The number of rotatable bonds is 4. The molecule has 7 nitrogen and oxygen atoms in total. The van der Waals surface area contributed by atoms with Crippen LogP contribution in [0.1, 0.15) is 36.7 Å². The van der Waals surface area contributed by atoms with Gasteiger partial charge in [0.15, 0.2) is 0 Å². The Hall–Kier alpha value is -2.94. The van der Waals surface area contributed by atoms with E-state index in [4.69, 9.17) is 32.5 Å². The monoisotopic (exact) mass is 457 g/mol. The van der Waals surface area contributed by atoms with E-state index < -0.39 is 10.2 Å². The first-order valence-corrected chi connectivity index (χ1v) is 11.2. The van der Waals surface area contributed by atoms with Gasteiger partial charge in [0.1, 0.15) is 17.1 Å². The molecule has 0 spiro atoms. The molecule has 4 rings (SSSR count). The Morgan fingerprint density at radius 3 is 2.28 bits per heavy atom. The van der Waals surface area contributed by atoms with Crippen molar-refractivity contribution >= 4 is 11.0 Å². The lowest BCUT2D eigenvalue weighted by Crippen LogP contribution is -2.58. The number of furan rings is 1. The second-order valence-electron chi connectivity index (χ2n) is 7.56. The second kappa shape index (κ2) is 10.1. The number of nitrogens with zero attached hydrogens (tertiary/aromatic N) is 1. The van der Waals surface area contributed by atoms with Crippen molar-refractivity contribution in [3.63, 3.8) is 0 Å². The SMILES string of the molecule is Cc1ccc2oc(-c3ccc(C(C)C)cc3)cc(=NCc3ccco3)c2c1.[O-][Cl+3]([O-])([O-])O. The van der Waals surface area contributed by atoms with Gasteiger partial charge < -0.3 is 8.83 Å². The van der Waals surface area contributed by atoms with E-state index in [9.17, 15) is 0 Å². The third-order valence-electron chi connectivity index (χ3n) is 4.75. The normalized spacial score (nSPS) is 12.2. The van der Waals surface area contributed by atoms with Crippen LogP contribution in [0.25, 0.3) is 22.3 Å². The molecule has 0 unspecified atom stereocenters. The molecule has 168 valence electrons. The molecule has 2 aromatic heterocycles. The summed E-state index contributed by atoms with van der Waals surface area (Å²) in [6.45, 7) is 6.98. The van der Waals surface area contributed by atoms with Crippen LogP contribution in [0.4, 0.5) is 0 Å². The van der Waals surface area contributed by atoms with Crippen molar-refractivity contribution in [3.8, 4) is 11.3 Å². The van der Waals surface area contributed by atoms with Crippen LogP contribution in [-0.4, -0.2) is 4.66 Å². The minimum absolute atomic E-state index is 0.506. The van der Waals surface area contributed by atoms with Gasteiger partial charge >= 0.3 is 0 Å². The largest absolute Gasteiger partial charge is 0.467 e. The first-order valence-electron chi connectivity index (χ1n) is 9.91. The molecule has 32 heavy (non-hydrogen) atoms. The third-order valence-corrected chi connectivity index (χ3v) is 4.75. The fourth-order valence-electron chi connectivity index (χ4n) is 3.15. The smallest absolute Gasteiger partial charge is 0.136 e. The summed E-state index contributed by atoms with van der Waals surface area (Å²) < 4.78 is 44.3. The Bertz CT molecular complexity index is 1220. The molecule has 0 aliphatic heterocycles. The van der Waals surface area contributed by atoms with Gasteiger partial charge in [0, 0.05) is 17.0 Å². The van der Waals surface area contributed by atoms with Gasteiger partial charge in [-0.05, 0) is 42.7 Å². The van der Waals surface area contributed by atoms with Gasteiger partial charge in [-0.25, -0.2) is 0 Å². The summed E-state index contributed by atoms with van der Waals surface area (Å²) in [6.07, 6.45) is 1.68. The van der Waals surface area contributed by atoms with Gasteiger partial charge in [0.05, 0.1) is 33.1 Å². The summed E-state index contributed by atoms with van der Waals surface area (Å²) in [5.41, 5.74) is 4.39. The van der Waals surface area contributed by atoms with Crippen molar-refractivity contribution in [2.75, 3.05) is 0 Å². The Kier molecular flexibility index (Phi) is 7.50. The van der Waals surface area contributed by atoms with Crippen LogP contribution in [0, 0.1) is 17.2 Å². The Balaban J connectivity index is 0.000000523. The summed E-state index contributed by atoms with van der Waals surface area (Å²) in [6, 6.07) is 20.6. The number of hydrogen-bond acceptors (Lipinski definition) is 7. The highest BCUT2D eigenvalue weighted by molar-refractivity contribution is 5.79. The number of halogens is 1. The maximum atomic E-state index is 8.60. The lowest BCUT2D eigenvalue weighted by atomic mass is 10.0. The van der Waals surface area contributed by atoms with Crippen LogP contribution in [0.2, 0.25) is 0 Å². The first kappa shape index (κ1) is 23.7. The molecule has 0 atom stereocenters. The highest BCUT2D eigenvalue weighted by atomic mass is 35.7. The molecule has 0 aliphatic carbocycles. The quantitative estimate of drug-likeness (QED) is 0.499. The highest BCUT2D eigenvalue weighted by Crippen LogP contribution is 2.25. The first-order chi connectivity index (χ1) is 15.1. The van der Waals surface area contributed by atoms with Gasteiger partial charge in [0.25, 0.3) is 0 Å². The minimum Gasteiger partial charge on any atom is -0.467 e. The molecule has 2 aromatic carbocycles. The van der Waals surface area contributed by atoms with Crippen LogP contribution in [0.3, 0.4) is 0 Å². The van der Waals surface area contributed by atoms with E-state index in [-0.39, 0.29) is 0 Å². The van der Waals surface area contributed by atoms with Crippen LogP contribution in [0.5, 0.6) is 0 Å². The zero-order valence-corrected chi connectivity index (χ0v) is 18.7. The summed E-state index contributed by atoms with van der Waals surface area (Å²) in [5, 5.41) is 1.93. The van der Waals surface area contributed by atoms with Crippen molar-refractivity contribution in [1.82, 2.24) is 0 Å². The zero-order valence-electron chi connectivity index (χ0n) is 17.9. The van der Waals surface area contributed by atoms with Crippen LogP contribution < -0.4 is 19.3 Å². The van der Waals surface area contributed by atoms with Crippen LogP contribution >= 0.6 is 0 Å². The lowest BCUT2D eigenvalue weighted by molar-refractivity contribution is -1.92. The van der Waals surface area contributed by atoms with Crippen LogP contribution in [-0.2, 0) is 6.54 Å². The standard InChI is InChI=1S/C24H23NO2.ClHO4/c1-16(2)18-7-9-19(10-8-18)24-14-22(25-15-20-5-4-12-26-20)21-13-17(3)6-11-23(21)27-24;2-1(3,4)5/h4-14,16H,15H2,1-3H3;(H,2,3,4,5). The number of aryl methyl sites for hydroxylation is 1. The van der Waals surface area contributed by atoms with E-state index >= 15 is 0 Å². The molecule has 0 radical (unpaired) electrons. The topological polar surface area (TPSA) is 128 Å². The second-order valence-corrected chi connectivity index (χ2v) is 8.36. The number of hydrogen-bond donors (Lipinski definition) is 1. The molecule has 0 aliphatic rings. The molecule has 4 aromatic rings. The van der Waals surface area contributed by atoms with Crippen molar-refractivity contribution in [2.24, 2.45) is 4.99 Å². The Morgan fingerprint density at radius 2 is 1.69 bits per heavy atom. The number of benzene rings is 2. The van der Waals surface area contributed by atoms with Crippen molar-refractivity contribution < 1.29 is 37.7 Å². The van der Waals surface area contributed by atoms with E-state index in [2.05, 4.69) is 57.2 Å². The van der Waals surface area contributed by atoms with Crippen LogP contribution in [0.15, 0.2) is 80.8 Å². The maximum absolute atomic E-state index is 8.60. The van der Waals surface area contributed by atoms with Crippen molar-refractivity contribution in [3.05, 3.63) is 89.2 Å². The number of fused-ring (bicyclic) bond motifs is 1. The molecular weight excluding hydrogens is 434 g/mol. The molecule has 0 saturated carbocycles. The van der Waals surface area contributed by atoms with E-state index in [0.717, 1.165) is 33.4 Å². The predicted molar refractivity (Wildman–Crippen MR) is 111 cm³/mol. The van der Waals surface area contributed by atoms with E-state index in [0.29, 0.717) is 12.5 Å². The Labute approximate surface area is 187 Å². The Morgan fingerprint density at radius 1 is 1.00 bits per heavy atom. The molecule has 1 N–H and O–H groups in total. The van der Waals surface area contributed by atoms with Gasteiger partial charge in [-0.2, -0.15) is 14.0 Å². The van der Waals surface area contributed by atoms with Gasteiger partial charge in [-0.15, -0.1) is 0 Å². The summed E-state index contributed by atoms with van der Waals surface area (Å²) in [5.74, 6) is 2.17. The molecule has 0 saturated heterocycles. The van der Waals surface area contributed by atoms with Crippen molar-refractivity contribution in [2.45, 2.75) is 33.2 Å². The lowest BCUT2D eigenvalue weighted by Gasteiger charge is -2.08. The molecule has 8 heteroatoms. The summed E-state index contributed by atoms with van der Waals surface area (Å²) in [4.78, 5) is 4.80. The maximum Gasteiger partial charge on any atom is 0.136 e. The minimum atomic E-state index is -4.69. The highest BCUT2D eigenvalue weighted by Gasteiger charge is 2.08. The van der Waals surface area contributed by atoms with E-state index in [1.807, 2.05) is 24.3 Å². The molecular formula is C24H24ClNO6. The van der Waals surface area contributed by atoms with E-state index in [1.54, 1.807) is 6.26 Å². The molecule has 0 bridgehead atoms. The van der Waals surface area contributed by atoms with Gasteiger partial charge in [-0.3, -0.25) is 4.99 Å². The third kappa shape index (κ3) is 6.78. The van der Waals surface area contributed by atoms with E-state index in [1.165, 1.54) is 11.1 Å². The fourth-order valence-corrected chi connectivity index (χ4v) is 3.15. The summed E-state index contributed by atoms with van der Waals surface area (Å²) >= 11 is 0. The molecule has 0 amide bonds. The summed E-state index contributed by atoms with van der Waals surface area (Å²) in [7, 11) is -4.69. The van der Waals surface area contributed by atoms with Crippen molar-refractivity contribution in [1.29, 1.82) is 0 Å². The molecule has 0 fully saturated rings. The molecule has 2 heterocycles. The zero-order chi connectivity index (χ0) is 23.3. The van der Waals surface area contributed by atoms with Gasteiger partial charge in [-0.1, -0.05) is 49.7 Å². The average molecular weight is 458 g/mol. The predicted octanol–water partition coefficient (Wildman–Crippen LogP) is 2.10. The fraction of sp³-hybridized carbons (Fsp3) is 0.208. The average Bonchev–Trinajstić information content (AvgIpc) is 3.24.